The average molecular weight is 516 g/mol. The summed E-state index contributed by atoms with van der Waals surface area (Å²) < 4.78 is 168. The number of hydrogen-bond acceptors (Lipinski definition) is 7. The number of carbonyl (C=O) groups is 2. The van der Waals surface area contributed by atoms with Crippen LogP contribution in [0.15, 0.2) is 12.2 Å². The summed E-state index contributed by atoms with van der Waals surface area (Å²) in [5.74, 6) is -15.8. The van der Waals surface area contributed by atoms with Crippen molar-refractivity contribution in [1.82, 2.24) is 5.32 Å². The fraction of sp³-hybridized carbons (Fsp3) is 0.692. The van der Waals surface area contributed by atoms with Gasteiger partial charge in [-0.1, -0.05) is 6.58 Å². The van der Waals surface area contributed by atoms with Gasteiger partial charge in [-0.25, -0.2) is 13.2 Å². The second-order valence-electron chi connectivity index (χ2n) is 5.69. The van der Waals surface area contributed by atoms with Gasteiger partial charge in [0.2, 0.25) is 0 Å². The van der Waals surface area contributed by atoms with Crippen LogP contribution in [0.4, 0.5) is 43.9 Å². The first-order valence-corrected chi connectivity index (χ1v) is 9.02. The number of likely N-dealkylation sites (N-methyl/N-ethyl adjacent to an activating group) is 1. The summed E-state index contributed by atoms with van der Waals surface area (Å²) in [4.78, 5) is 23.0. The first-order valence-electron chi connectivity index (χ1n) is 7.61. The fourth-order valence-electron chi connectivity index (χ4n) is 1.72. The van der Waals surface area contributed by atoms with Crippen LogP contribution >= 0.6 is 0 Å². The Morgan fingerprint density at radius 2 is 1.47 bits per heavy atom. The van der Waals surface area contributed by atoms with Gasteiger partial charge in [-0.2, -0.15) is 43.9 Å². The number of nitrogens with one attached hydrogen (secondary N) is 1. The first-order chi connectivity index (χ1) is 14.0. The lowest BCUT2D eigenvalue weighted by atomic mass is 10.2. The Labute approximate surface area is 172 Å². The van der Waals surface area contributed by atoms with Crippen molar-refractivity contribution in [1.29, 1.82) is 0 Å². The number of amides is 1. The predicted molar refractivity (Wildman–Crippen MR) is 78.9 cm³/mol. The molecule has 188 valence electrons. The van der Waals surface area contributed by atoms with Crippen LogP contribution in [0.2, 0.25) is 0 Å². The lowest BCUT2D eigenvalue weighted by Gasteiger charge is -2.33. The van der Waals surface area contributed by atoms with E-state index in [9.17, 15) is 66.5 Å². The summed E-state index contributed by atoms with van der Waals surface area (Å²) >= 11 is 0. The molecule has 1 unspecified atom stereocenters. The Hall–Kier alpha value is -2.15. The van der Waals surface area contributed by atoms with Gasteiger partial charge < -0.3 is 19.3 Å². The van der Waals surface area contributed by atoms with Crippen LogP contribution < -0.4 is 5.32 Å². The summed E-state index contributed by atoms with van der Waals surface area (Å²) in [5.41, 5.74) is -2.52. The molecule has 0 bridgehead atoms. The number of hydrogen-bond donors (Lipinski definition) is 1. The number of esters is 1. The Bertz CT molecular complexity index is 837. The second-order valence-corrected chi connectivity index (χ2v) is 7.11. The number of rotatable bonds is 10. The van der Waals surface area contributed by atoms with Crippen LogP contribution in [0, 0.1) is 0 Å². The van der Waals surface area contributed by atoms with Crippen molar-refractivity contribution < 1.29 is 75.9 Å². The molecule has 0 saturated heterocycles. The van der Waals surface area contributed by atoms with Crippen LogP contribution in [-0.2, 0) is 29.2 Å². The average Bonchev–Trinajstić information content (AvgIpc) is 2.59. The highest BCUT2D eigenvalue weighted by molar-refractivity contribution is 7.86. The van der Waals surface area contributed by atoms with Crippen molar-refractivity contribution in [2.75, 3.05) is 13.7 Å². The maximum Gasteiger partial charge on any atom is 0.466 e. The van der Waals surface area contributed by atoms with E-state index >= 15 is 0 Å². The standard InChI is InChI=1S/C13H13F10NO7S/c1-6(11(16,17)18)7(25)31-10(8(26)24-2,12(19,20)21)30-5-3-4-9(14,15)13(22,23)32(27,28)29/h1,3-5H2,2H3,(H,24,26)(H,27,28,29)/p-1. The molecule has 0 fully saturated rings. The van der Waals surface area contributed by atoms with Gasteiger partial charge in [0.25, 0.3) is 0 Å². The molecule has 0 heterocycles. The third-order valence-electron chi connectivity index (χ3n) is 3.40. The maximum atomic E-state index is 13.4. The number of carbonyl (C=O) groups excluding carboxylic acids is 2. The highest BCUT2D eigenvalue weighted by atomic mass is 32.2. The van der Waals surface area contributed by atoms with Crippen LogP contribution in [-0.4, -0.2) is 67.8 Å². The predicted octanol–water partition coefficient (Wildman–Crippen LogP) is 2.22. The van der Waals surface area contributed by atoms with Crippen LogP contribution in [0.3, 0.4) is 0 Å². The summed E-state index contributed by atoms with van der Waals surface area (Å²) in [6.45, 7) is 0.317. The molecule has 0 aliphatic heterocycles. The minimum absolute atomic E-state index is 0.479. The molecule has 8 nitrogen and oxygen atoms in total. The molecule has 0 aliphatic carbocycles. The third kappa shape index (κ3) is 6.21. The van der Waals surface area contributed by atoms with Crippen LogP contribution in [0.1, 0.15) is 12.8 Å². The fourth-order valence-corrected chi connectivity index (χ4v) is 2.19. The monoisotopic (exact) mass is 516 g/mol. The van der Waals surface area contributed by atoms with Crippen LogP contribution in [0.25, 0.3) is 0 Å². The molecule has 32 heavy (non-hydrogen) atoms. The largest absolute Gasteiger partial charge is 0.743 e. The summed E-state index contributed by atoms with van der Waals surface area (Å²) in [7, 11) is -6.43. The lowest BCUT2D eigenvalue weighted by molar-refractivity contribution is -0.348. The van der Waals surface area contributed by atoms with E-state index in [-0.39, 0.29) is 0 Å². The van der Waals surface area contributed by atoms with E-state index in [1.165, 1.54) is 5.32 Å². The van der Waals surface area contributed by atoms with Gasteiger partial charge in [0.05, 0.1) is 6.61 Å². The van der Waals surface area contributed by atoms with E-state index in [0.29, 0.717) is 7.05 Å². The van der Waals surface area contributed by atoms with E-state index in [0.717, 1.165) is 0 Å². The summed E-state index contributed by atoms with van der Waals surface area (Å²) in [5, 5.41) is -4.95. The number of alkyl halides is 10. The van der Waals surface area contributed by atoms with Crippen molar-refractivity contribution in [3.8, 4) is 0 Å². The molecular formula is C13H12F10NO7S-. The molecule has 0 saturated carbocycles. The van der Waals surface area contributed by atoms with Crippen LogP contribution in [0.5, 0.6) is 0 Å². The molecule has 1 N–H and O–H groups in total. The molecule has 0 aromatic heterocycles. The Morgan fingerprint density at radius 1 is 1.00 bits per heavy atom. The smallest absolute Gasteiger partial charge is 0.466 e. The van der Waals surface area contributed by atoms with Gasteiger partial charge in [-0.15, -0.1) is 0 Å². The molecule has 0 aromatic carbocycles. The second kappa shape index (κ2) is 9.38. The molecule has 0 aromatic rings. The van der Waals surface area contributed by atoms with Crippen molar-refractivity contribution in [2.24, 2.45) is 0 Å². The molecule has 1 atom stereocenters. The van der Waals surface area contributed by atoms with E-state index < -0.39 is 76.3 Å². The SMILES string of the molecule is C=C(C(=O)OC(OCCCC(F)(F)C(F)(F)S(=O)(=O)[O-])(C(=O)NC)C(F)(F)F)C(F)(F)F. The summed E-state index contributed by atoms with van der Waals surface area (Å²) in [6.07, 6.45) is -15.7. The van der Waals surface area contributed by atoms with Crippen molar-refractivity contribution in [3.05, 3.63) is 12.2 Å². The Kier molecular flexibility index (Phi) is 8.75. The molecule has 0 aliphatic rings. The minimum Gasteiger partial charge on any atom is -0.743 e. The van der Waals surface area contributed by atoms with Gasteiger partial charge >= 0.3 is 41.2 Å². The summed E-state index contributed by atoms with van der Waals surface area (Å²) in [6, 6.07) is 0. The van der Waals surface area contributed by atoms with Gasteiger partial charge in [0.1, 0.15) is 5.57 Å². The zero-order valence-electron chi connectivity index (χ0n) is 15.4. The van der Waals surface area contributed by atoms with E-state index in [4.69, 9.17) is 0 Å². The highest BCUT2D eigenvalue weighted by Gasteiger charge is 2.67. The van der Waals surface area contributed by atoms with Gasteiger partial charge in [-0.05, 0) is 6.42 Å². The van der Waals surface area contributed by atoms with Gasteiger partial charge in [-0.3, -0.25) is 4.79 Å². The van der Waals surface area contributed by atoms with E-state index in [2.05, 4.69) is 16.1 Å². The first kappa shape index (κ1) is 29.9. The lowest BCUT2D eigenvalue weighted by Crippen LogP contribution is -2.61. The highest BCUT2D eigenvalue weighted by Crippen LogP contribution is 2.42. The van der Waals surface area contributed by atoms with E-state index in [1.54, 1.807) is 0 Å². The molecule has 19 heteroatoms. The van der Waals surface area contributed by atoms with Crippen molar-refractivity contribution in [3.63, 3.8) is 0 Å². The zero-order valence-corrected chi connectivity index (χ0v) is 16.2. The molecule has 0 spiro atoms. The van der Waals surface area contributed by atoms with Crippen molar-refractivity contribution >= 4 is 22.0 Å². The molecule has 1 amide bonds. The number of halogens is 10. The third-order valence-corrected chi connectivity index (χ3v) is 4.33. The molecule has 0 rings (SSSR count). The topological polar surface area (TPSA) is 122 Å². The number of ether oxygens (including phenoxy) is 2. The van der Waals surface area contributed by atoms with Gasteiger partial charge in [0.15, 0.2) is 10.1 Å². The van der Waals surface area contributed by atoms with Gasteiger partial charge in [0, 0.05) is 13.5 Å². The minimum atomic E-state index is -6.91. The Morgan fingerprint density at radius 3 is 1.81 bits per heavy atom. The maximum absolute atomic E-state index is 13.4. The zero-order chi connectivity index (χ0) is 26.0. The van der Waals surface area contributed by atoms with Crippen molar-refractivity contribution in [2.45, 2.75) is 42.2 Å². The Balaban J connectivity index is 5.79. The molecular weight excluding hydrogens is 504 g/mol. The quantitative estimate of drug-likeness (QED) is 0.118. The molecule has 0 radical (unpaired) electrons. The van der Waals surface area contributed by atoms with E-state index in [1.807, 2.05) is 0 Å². The normalized spacial score (nSPS) is 15.6.